The molecule has 0 aliphatic heterocycles. The zero-order valence-electron chi connectivity index (χ0n) is 7.00. The summed E-state index contributed by atoms with van der Waals surface area (Å²) in [5.41, 5.74) is 1.27. The molecular formula is C8H12BNO. The van der Waals surface area contributed by atoms with E-state index in [-0.39, 0.29) is 0 Å². The number of methoxy groups -OCH3 is 1. The zero-order chi connectivity index (χ0) is 8.10. The topological polar surface area (TPSA) is 22.1 Å². The first-order chi connectivity index (χ1) is 5.36. The maximum atomic E-state index is 4.94. The minimum absolute atomic E-state index is 0.685. The zero-order valence-corrected chi connectivity index (χ0v) is 7.00. The van der Waals surface area contributed by atoms with Crippen LogP contribution >= 0.6 is 0 Å². The van der Waals surface area contributed by atoms with E-state index < -0.39 is 0 Å². The van der Waals surface area contributed by atoms with E-state index in [9.17, 15) is 0 Å². The van der Waals surface area contributed by atoms with E-state index in [1.54, 1.807) is 7.11 Å². The molecule has 0 fully saturated rings. The first-order valence-electron chi connectivity index (χ1n) is 3.85. The van der Waals surface area contributed by atoms with Crippen LogP contribution in [0.25, 0.3) is 0 Å². The lowest BCUT2D eigenvalue weighted by Crippen LogP contribution is -2.12. The third-order valence-electron chi connectivity index (χ3n) is 1.55. The van der Waals surface area contributed by atoms with Gasteiger partial charge in [0.1, 0.15) is 0 Å². The van der Waals surface area contributed by atoms with Crippen LogP contribution in [0, 0.1) is 0 Å². The Balaban J connectivity index is 2.66. The number of hydrogen-bond donors (Lipinski definition) is 0. The van der Waals surface area contributed by atoms with Gasteiger partial charge in [-0.1, -0.05) is 24.8 Å². The molecule has 0 spiro atoms. The van der Waals surface area contributed by atoms with E-state index >= 15 is 0 Å². The highest BCUT2D eigenvalue weighted by atomic mass is 16.5. The largest absolute Gasteiger partial charge is 0.481 e. The summed E-state index contributed by atoms with van der Waals surface area (Å²) in [4.78, 5) is 4.09. The Kier molecular flexibility index (Phi) is 2.96. The predicted octanol–water partition coefficient (Wildman–Crippen LogP) is 0.590. The molecule has 0 bridgehead atoms. The van der Waals surface area contributed by atoms with Crippen molar-refractivity contribution in [1.29, 1.82) is 0 Å². The highest BCUT2D eigenvalue weighted by Crippen LogP contribution is 1.99. The monoisotopic (exact) mass is 149 g/mol. The van der Waals surface area contributed by atoms with Gasteiger partial charge in [-0.25, -0.2) is 4.98 Å². The van der Waals surface area contributed by atoms with Crippen molar-refractivity contribution in [3.8, 4) is 5.88 Å². The summed E-state index contributed by atoms with van der Waals surface area (Å²) in [7, 11) is 2.72. The molecule has 1 aromatic rings. The third kappa shape index (κ3) is 2.26. The lowest BCUT2D eigenvalue weighted by Gasteiger charge is -1.98. The Morgan fingerprint density at radius 2 is 2.36 bits per heavy atom. The van der Waals surface area contributed by atoms with E-state index in [0.717, 1.165) is 13.6 Å². The summed E-state index contributed by atoms with van der Waals surface area (Å²) in [5.74, 6) is 0.685. The number of hydrogen-bond acceptors (Lipinski definition) is 2. The van der Waals surface area contributed by atoms with Crippen molar-refractivity contribution in [1.82, 2.24) is 4.98 Å². The van der Waals surface area contributed by atoms with E-state index in [1.165, 1.54) is 5.46 Å². The second kappa shape index (κ2) is 4.01. The second-order valence-electron chi connectivity index (χ2n) is 2.46. The van der Waals surface area contributed by atoms with Crippen LogP contribution in [0.4, 0.5) is 0 Å². The molecule has 0 saturated carbocycles. The lowest BCUT2D eigenvalue weighted by atomic mass is 9.69. The average Bonchev–Trinajstić information content (AvgIpc) is 2.07. The molecule has 0 saturated heterocycles. The summed E-state index contributed by atoms with van der Waals surface area (Å²) >= 11 is 0. The van der Waals surface area contributed by atoms with Crippen LogP contribution in [-0.2, 0) is 0 Å². The molecule has 11 heavy (non-hydrogen) atoms. The van der Waals surface area contributed by atoms with Crippen molar-refractivity contribution < 1.29 is 4.74 Å². The number of ether oxygens (including phenoxy) is 1. The number of pyridine rings is 1. The first-order valence-corrected chi connectivity index (χ1v) is 3.85. The van der Waals surface area contributed by atoms with E-state index in [2.05, 4.69) is 18.0 Å². The molecule has 0 amide bonds. The Hall–Kier alpha value is -0.985. The Labute approximate surface area is 67.8 Å². The van der Waals surface area contributed by atoms with Crippen LogP contribution in [0.3, 0.4) is 0 Å². The van der Waals surface area contributed by atoms with Gasteiger partial charge in [-0.3, -0.25) is 0 Å². The van der Waals surface area contributed by atoms with Gasteiger partial charge >= 0.3 is 0 Å². The minimum atomic E-state index is 0.685. The average molecular weight is 149 g/mol. The highest BCUT2D eigenvalue weighted by molar-refractivity contribution is 6.53. The lowest BCUT2D eigenvalue weighted by molar-refractivity contribution is 0.398. The van der Waals surface area contributed by atoms with Crippen LogP contribution in [-0.4, -0.2) is 19.4 Å². The van der Waals surface area contributed by atoms with Crippen molar-refractivity contribution in [3.05, 3.63) is 18.3 Å². The fraction of sp³-hybridized carbons (Fsp3) is 0.375. The van der Waals surface area contributed by atoms with Gasteiger partial charge in [0.05, 0.1) is 7.11 Å². The van der Waals surface area contributed by atoms with Crippen molar-refractivity contribution in [2.24, 2.45) is 0 Å². The van der Waals surface area contributed by atoms with Gasteiger partial charge in [0.15, 0.2) is 7.28 Å². The van der Waals surface area contributed by atoms with Gasteiger partial charge in [0, 0.05) is 6.20 Å². The van der Waals surface area contributed by atoms with Gasteiger partial charge < -0.3 is 4.74 Å². The maximum Gasteiger partial charge on any atom is 0.212 e. The predicted molar refractivity (Wildman–Crippen MR) is 48.1 cm³/mol. The van der Waals surface area contributed by atoms with Gasteiger partial charge in [0.2, 0.25) is 5.88 Å². The highest BCUT2D eigenvalue weighted by Gasteiger charge is 1.94. The fourth-order valence-corrected chi connectivity index (χ4v) is 0.968. The van der Waals surface area contributed by atoms with Crippen molar-refractivity contribution >= 4 is 12.7 Å². The third-order valence-corrected chi connectivity index (χ3v) is 1.55. The van der Waals surface area contributed by atoms with Gasteiger partial charge in [0.25, 0.3) is 0 Å². The molecule has 58 valence electrons. The normalized spacial score (nSPS) is 9.27. The molecule has 0 radical (unpaired) electrons. The minimum Gasteiger partial charge on any atom is -0.481 e. The van der Waals surface area contributed by atoms with Crippen molar-refractivity contribution in [3.63, 3.8) is 0 Å². The molecule has 0 N–H and O–H groups in total. The number of nitrogens with zero attached hydrogens (tertiary/aromatic N) is 1. The quantitative estimate of drug-likeness (QED) is 0.586. The molecule has 0 aromatic carbocycles. The van der Waals surface area contributed by atoms with E-state index in [1.807, 2.05) is 12.3 Å². The van der Waals surface area contributed by atoms with Crippen molar-refractivity contribution in [2.45, 2.75) is 13.2 Å². The fourth-order valence-electron chi connectivity index (χ4n) is 0.968. The smallest absolute Gasteiger partial charge is 0.212 e. The summed E-state index contributed by atoms with van der Waals surface area (Å²) in [6.45, 7) is 2.16. The maximum absolute atomic E-state index is 4.94. The Morgan fingerprint density at radius 3 is 2.82 bits per heavy atom. The first kappa shape index (κ1) is 8.11. The SMILES string of the molecule is CCBc1ccc(OC)nc1. The Bertz CT molecular complexity index is 210. The standard InChI is InChI=1S/C8H12BNO/c1-3-9-7-4-5-8(11-2)10-6-7/h4-6,9H,3H2,1-2H3. The van der Waals surface area contributed by atoms with Crippen LogP contribution in [0.2, 0.25) is 6.32 Å². The second-order valence-corrected chi connectivity index (χ2v) is 2.46. The van der Waals surface area contributed by atoms with Crippen molar-refractivity contribution in [2.75, 3.05) is 7.11 Å². The van der Waals surface area contributed by atoms with Gasteiger partial charge in [-0.15, -0.1) is 0 Å². The van der Waals surface area contributed by atoms with E-state index in [4.69, 9.17) is 4.74 Å². The molecule has 0 atom stereocenters. The molecule has 0 aliphatic carbocycles. The molecule has 1 aromatic heterocycles. The Morgan fingerprint density at radius 1 is 1.55 bits per heavy atom. The molecule has 1 heterocycles. The van der Waals surface area contributed by atoms with Crippen LogP contribution in [0.5, 0.6) is 5.88 Å². The van der Waals surface area contributed by atoms with Crippen LogP contribution < -0.4 is 10.2 Å². The summed E-state index contributed by atoms with van der Waals surface area (Å²) < 4.78 is 4.94. The number of rotatable bonds is 3. The van der Waals surface area contributed by atoms with Crippen LogP contribution in [0.15, 0.2) is 18.3 Å². The molecule has 0 aliphatic rings. The summed E-state index contributed by atoms with van der Waals surface area (Å²) in [6.07, 6.45) is 3.02. The summed E-state index contributed by atoms with van der Waals surface area (Å²) in [6, 6.07) is 3.94. The van der Waals surface area contributed by atoms with E-state index in [0.29, 0.717) is 5.88 Å². The molecule has 2 nitrogen and oxygen atoms in total. The van der Waals surface area contributed by atoms with Crippen LogP contribution in [0.1, 0.15) is 6.92 Å². The van der Waals surface area contributed by atoms with Gasteiger partial charge in [-0.2, -0.15) is 0 Å². The van der Waals surface area contributed by atoms with Gasteiger partial charge in [-0.05, 0) is 6.07 Å². The molecule has 0 unspecified atom stereocenters. The molecule has 3 heteroatoms. The molecular weight excluding hydrogens is 137 g/mol. The molecule has 1 rings (SSSR count). The summed E-state index contributed by atoms with van der Waals surface area (Å²) in [5, 5.41) is 0. The number of aromatic nitrogens is 1.